The molecule has 0 aromatic carbocycles. The van der Waals surface area contributed by atoms with Crippen molar-refractivity contribution < 1.29 is 0 Å². The van der Waals surface area contributed by atoms with Crippen molar-refractivity contribution >= 4 is 16.6 Å². The van der Waals surface area contributed by atoms with Crippen LogP contribution < -0.4 is 5.73 Å². The molecule has 2 aromatic rings. The molecule has 0 saturated carbocycles. The molecule has 0 fully saturated rings. The molecule has 0 saturated heterocycles. The van der Waals surface area contributed by atoms with Gasteiger partial charge >= 0.3 is 0 Å². The van der Waals surface area contributed by atoms with E-state index in [1.54, 1.807) is 12.4 Å². The van der Waals surface area contributed by atoms with Crippen LogP contribution >= 0.6 is 0 Å². The van der Waals surface area contributed by atoms with Gasteiger partial charge in [0.1, 0.15) is 5.82 Å². The highest BCUT2D eigenvalue weighted by atomic mass is 14.8. The quantitative estimate of drug-likeness (QED) is 0.634. The van der Waals surface area contributed by atoms with Crippen LogP contribution in [0.25, 0.3) is 10.8 Å². The molecule has 0 bridgehead atoms. The third kappa shape index (κ3) is 0.993. The zero-order chi connectivity index (χ0) is 8.55. The number of nitrogen functional groups attached to an aromatic ring is 1. The fraction of sp³-hybridized carbons (Fsp3) is 0.111. The third-order valence-corrected chi connectivity index (χ3v) is 1.79. The molecule has 0 unspecified atom stereocenters. The van der Waals surface area contributed by atoms with Gasteiger partial charge in [-0.1, -0.05) is 0 Å². The highest BCUT2D eigenvalue weighted by Gasteiger charge is 1.98. The average Bonchev–Trinajstić information content (AvgIpc) is 2.04. The first-order valence-electron chi connectivity index (χ1n) is 3.74. The van der Waals surface area contributed by atoms with Crippen LogP contribution in [0.1, 0.15) is 5.69 Å². The summed E-state index contributed by atoms with van der Waals surface area (Å²) in [5, 5.41) is 2.01. The number of hydrogen-bond donors (Lipinski definition) is 1. The maximum atomic E-state index is 5.72. The first kappa shape index (κ1) is 7.03. The summed E-state index contributed by atoms with van der Waals surface area (Å²) in [6, 6.07) is 3.84. The van der Waals surface area contributed by atoms with Crippen LogP contribution in [-0.2, 0) is 0 Å². The molecule has 0 amide bonds. The van der Waals surface area contributed by atoms with Crippen LogP contribution in [0.2, 0.25) is 0 Å². The minimum absolute atomic E-state index is 0.576. The van der Waals surface area contributed by atoms with E-state index in [0.717, 1.165) is 16.5 Å². The standard InChI is InChI=1S/C9H9N3/c1-6-4-7-5-11-3-2-8(7)9(10)12-6/h2-5H,1H3,(H2,10,12). The van der Waals surface area contributed by atoms with Gasteiger partial charge in [0.2, 0.25) is 0 Å². The van der Waals surface area contributed by atoms with Crippen molar-refractivity contribution in [3.8, 4) is 0 Å². The summed E-state index contributed by atoms with van der Waals surface area (Å²) < 4.78 is 0. The monoisotopic (exact) mass is 159 g/mol. The molecule has 0 aliphatic heterocycles. The van der Waals surface area contributed by atoms with Crippen molar-refractivity contribution in [2.45, 2.75) is 6.92 Å². The fourth-order valence-corrected chi connectivity index (χ4v) is 1.26. The minimum Gasteiger partial charge on any atom is -0.383 e. The van der Waals surface area contributed by atoms with Gasteiger partial charge in [-0.15, -0.1) is 0 Å². The number of pyridine rings is 2. The van der Waals surface area contributed by atoms with E-state index in [2.05, 4.69) is 9.97 Å². The van der Waals surface area contributed by atoms with Gasteiger partial charge in [-0.25, -0.2) is 4.98 Å². The zero-order valence-electron chi connectivity index (χ0n) is 6.78. The molecule has 3 nitrogen and oxygen atoms in total. The van der Waals surface area contributed by atoms with Crippen LogP contribution in [0, 0.1) is 6.92 Å². The van der Waals surface area contributed by atoms with Gasteiger partial charge in [-0.2, -0.15) is 0 Å². The summed E-state index contributed by atoms with van der Waals surface area (Å²) in [5.74, 6) is 0.576. The SMILES string of the molecule is Cc1cc2cnccc2c(N)n1. The zero-order valence-corrected chi connectivity index (χ0v) is 6.78. The van der Waals surface area contributed by atoms with E-state index in [1.807, 2.05) is 19.1 Å². The van der Waals surface area contributed by atoms with Crippen LogP contribution in [-0.4, -0.2) is 9.97 Å². The van der Waals surface area contributed by atoms with Gasteiger partial charge in [0.15, 0.2) is 0 Å². The van der Waals surface area contributed by atoms with E-state index >= 15 is 0 Å². The summed E-state index contributed by atoms with van der Waals surface area (Å²) >= 11 is 0. The number of rotatable bonds is 0. The highest BCUT2D eigenvalue weighted by molar-refractivity contribution is 5.90. The van der Waals surface area contributed by atoms with Gasteiger partial charge in [-0.3, -0.25) is 4.98 Å². The van der Waals surface area contributed by atoms with Gasteiger partial charge < -0.3 is 5.73 Å². The molecule has 0 radical (unpaired) electrons. The largest absolute Gasteiger partial charge is 0.383 e. The Morgan fingerprint density at radius 1 is 1.42 bits per heavy atom. The topological polar surface area (TPSA) is 51.8 Å². The van der Waals surface area contributed by atoms with Crippen molar-refractivity contribution in [1.82, 2.24) is 9.97 Å². The van der Waals surface area contributed by atoms with E-state index in [1.165, 1.54) is 0 Å². The molecule has 0 spiro atoms. The maximum absolute atomic E-state index is 5.72. The predicted molar refractivity (Wildman–Crippen MR) is 48.7 cm³/mol. The Morgan fingerprint density at radius 2 is 2.25 bits per heavy atom. The van der Waals surface area contributed by atoms with Gasteiger partial charge in [0.05, 0.1) is 0 Å². The molecule has 2 aromatic heterocycles. The first-order valence-corrected chi connectivity index (χ1v) is 3.74. The normalized spacial score (nSPS) is 10.4. The van der Waals surface area contributed by atoms with Crippen molar-refractivity contribution in [2.24, 2.45) is 0 Å². The van der Waals surface area contributed by atoms with E-state index < -0.39 is 0 Å². The average molecular weight is 159 g/mol. The molecule has 12 heavy (non-hydrogen) atoms. The lowest BCUT2D eigenvalue weighted by atomic mass is 10.2. The number of anilines is 1. The fourth-order valence-electron chi connectivity index (χ4n) is 1.26. The molecule has 0 aliphatic carbocycles. The lowest BCUT2D eigenvalue weighted by molar-refractivity contribution is 1.22. The lowest BCUT2D eigenvalue weighted by Crippen LogP contribution is -1.93. The molecule has 60 valence electrons. The Morgan fingerprint density at radius 3 is 3.08 bits per heavy atom. The Labute approximate surface area is 70.3 Å². The van der Waals surface area contributed by atoms with Crippen molar-refractivity contribution in [3.05, 3.63) is 30.2 Å². The summed E-state index contributed by atoms with van der Waals surface area (Å²) in [4.78, 5) is 8.16. The Hall–Kier alpha value is -1.64. The van der Waals surface area contributed by atoms with Crippen LogP contribution in [0.3, 0.4) is 0 Å². The summed E-state index contributed by atoms with van der Waals surface area (Å²) in [6.45, 7) is 1.92. The second-order valence-electron chi connectivity index (χ2n) is 2.75. The van der Waals surface area contributed by atoms with E-state index in [9.17, 15) is 0 Å². The number of hydrogen-bond acceptors (Lipinski definition) is 3. The second-order valence-corrected chi connectivity index (χ2v) is 2.75. The number of fused-ring (bicyclic) bond motifs is 1. The summed E-state index contributed by atoms with van der Waals surface area (Å²) in [5.41, 5.74) is 6.64. The molecule has 0 atom stereocenters. The number of nitrogens with two attached hydrogens (primary N) is 1. The first-order chi connectivity index (χ1) is 5.77. The Bertz CT molecular complexity index is 423. The number of aromatic nitrogens is 2. The second kappa shape index (κ2) is 2.44. The van der Waals surface area contributed by atoms with Gasteiger partial charge in [0.25, 0.3) is 0 Å². The summed E-state index contributed by atoms with van der Waals surface area (Å²) in [6.07, 6.45) is 3.51. The van der Waals surface area contributed by atoms with E-state index in [-0.39, 0.29) is 0 Å². The molecule has 2 N–H and O–H groups in total. The van der Waals surface area contributed by atoms with Crippen LogP contribution in [0.15, 0.2) is 24.5 Å². The van der Waals surface area contributed by atoms with Gasteiger partial charge in [0, 0.05) is 28.9 Å². The van der Waals surface area contributed by atoms with Crippen molar-refractivity contribution in [2.75, 3.05) is 5.73 Å². The molecule has 2 heterocycles. The van der Waals surface area contributed by atoms with Crippen molar-refractivity contribution in [1.29, 1.82) is 0 Å². The van der Waals surface area contributed by atoms with Crippen LogP contribution in [0.5, 0.6) is 0 Å². The minimum atomic E-state index is 0.576. The lowest BCUT2D eigenvalue weighted by Gasteiger charge is -2.01. The third-order valence-electron chi connectivity index (χ3n) is 1.79. The summed E-state index contributed by atoms with van der Waals surface area (Å²) in [7, 11) is 0. The molecule has 0 aliphatic rings. The van der Waals surface area contributed by atoms with Crippen LogP contribution in [0.4, 0.5) is 5.82 Å². The molecular weight excluding hydrogens is 150 g/mol. The molecular formula is C9H9N3. The molecule has 2 rings (SSSR count). The Balaban J connectivity index is 2.89. The Kier molecular flexibility index (Phi) is 1.43. The van der Waals surface area contributed by atoms with Gasteiger partial charge in [-0.05, 0) is 19.1 Å². The maximum Gasteiger partial charge on any atom is 0.131 e. The number of aryl methyl sites for hydroxylation is 1. The highest BCUT2D eigenvalue weighted by Crippen LogP contribution is 2.17. The number of nitrogens with zero attached hydrogens (tertiary/aromatic N) is 2. The van der Waals surface area contributed by atoms with E-state index in [0.29, 0.717) is 5.82 Å². The molecule has 3 heteroatoms. The predicted octanol–water partition coefficient (Wildman–Crippen LogP) is 1.52. The van der Waals surface area contributed by atoms with E-state index in [4.69, 9.17) is 5.73 Å². The van der Waals surface area contributed by atoms with Crippen molar-refractivity contribution in [3.63, 3.8) is 0 Å². The smallest absolute Gasteiger partial charge is 0.131 e.